The van der Waals surface area contributed by atoms with Crippen molar-refractivity contribution < 1.29 is 14.4 Å². The van der Waals surface area contributed by atoms with Gasteiger partial charge in [0, 0.05) is 26.1 Å². The highest BCUT2D eigenvalue weighted by molar-refractivity contribution is 5.91. The molecule has 1 saturated heterocycles. The van der Waals surface area contributed by atoms with Crippen molar-refractivity contribution in [3.63, 3.8) is 0 Å². The number of rotatable bonds is 7. The van der Waals surface area contributed by atoms with Crippen LogP contribution in [-0.2, 0) is 14.4 Å². The molecule has 5 fully saturated rings. The van der Waals surface area contributed by atoms with Gasteiger partial charge in [0.25, 0.3) is 0 Å². The molecule has 5 aliphatic rings. The Morgan fingerprint density at radius 1 is 0.964 bits per heavy atom. The lowest BCUT2D eigenvalue weighted by Gasteiger charge is -2.56. The quantitative estimate of drug-likeness (QED) is 0.701. The molecule has 0 radical (unpaired) electrons. The largest absolute Gasteiger partial charge is 0.356 e. The molecule has 4 saturated carbocycles. The maximum absolute atomic E-state index is 13.6. The first-order valence-electron chi connectivity index (χ1n) is 11.4. The molecular weight excluding hydrogens is 354 g/mol. The van der Waals surface area contributed by atoms with Gasteiger partial charge in [-0.05, 0) is 75.5 Å². The van der Waals surface area contributed by atoms with E-state index in [1.165, 1.54) is 19.3 Å². The molecule has 0 aromatic rings. The molecule has 1 aliphatic heterocycles. The maximum atomic E-state index is 13.6. The van der Waals surface area contributed by atoms with Gasteiger partial charge in [-0.15, -0.1) is 0 Å². The van der Waals surface area contributed by atoms with Crippen molar-refractivity contribution >= 4 is 17.7 Å². The van der Waals surface area contributed by atoms with Gasteiger partial charge in [-0.25, -0.2) is 0 Å². The first-order valence-corrected chi connectivity index (χ1v) is 11.4. The van der Waals surface area contributed by atoms with Crippen molar-refractivity contribution in [3.05, 3.63) is 0 Å². The van der Waals surface area contributed by atoms with Gasteiger partial charge in [0.05, 0.1) is 5.41 Å². The van der Waals surface area contributed by atoms with Crippen LogP contribution in [-0.4, -0.2) is 48.3 Å². The Bertz CT molecular complexity index is 597. The van der Waals surface area contributed by atoms with Crippen LogP contribution in [0, 0.1) is 23.2 Å². The van der Waals surface area contributed by atoms with E-state index in [-0.39, 0.29) is 29.2 Å². The third-order valence-electron chi connectivity index (χ3n) is 7.53. The minimum atomic E-state index is -0.348. The zero-order valence-corrected chi connectivity index (χ0v) is 17.2. The lowest BCUT2D eigenvalue weighted by Crippen LogP contribution is -2.57. The summed E-state index contributed by atoms with van der Waals surface area (Å²) in [6, 6.07) is -0.348. The number of likely N-dealkylation sites (tertiary alicyclic amines) is 1. The number of hydrogen-bond donors (Lipinski definition) is 2. The highest BCUT2D eigenvalue weighted by Gasteiger charge is 2.56. The molecule has 6 nitrogen and oxygen atoms in total. The third-order valence-corrected chi connectivity index (χ3v) is 7.53. The molecule has 0 aromatic carbocycles. The maximum Gasteiger partial charge on any atom is 0.242 e. The number of nitrogens with one attached hydrogen (secondary N) is 2. The van der Waals surface area contributed by atoms with Crippen molar-refractivity contribution in [1.29, 1.82) is 0 Å². The molecule has 1 heterocycles. The third kappa shape index (κ3) is 3.79. The van der Waals surface area contributed by atoms with Crippen molar-refractivity contribution in [1.82, 2.24) is 15.5 Å². The average molecular weight is 390 g/mol. The summed E-state index contributed by atoms with van der Waals surface area (Å²) in [5.74, 6) is 2.32. The fourth-order valence-electron chi connectivity index (χ4n) is 6.73. The predicted octanol–water partition coefficient (Wildman–Crippen LogP) is 2.23. The smallest absolute Gasteiger partial charge is 0.242 e. The summed E-state index contributed by atoms with van der Waals surface area (Å²) in [7, 11) is 0. The molecular formula is C22H35N3O3. The van der Waals surface area contributed by atoms with Gasteiger partial charge in [-0.1, -0.05) is 6.92 Å². The molecule has 5 rings (SSSR count). The summed E-state index contributed by atoms with van der Waals surface area (Å²) < 4.78 is 0. The van der Waals surface area contributed by atoms with Crippen molar-refractivity contribution in [2.45, 2.75) is 77.2 Å². The second-order valence-corrected chi connectivity index (χ2v) is 9.75. The molecule has 0 spiro atoms. The van der Waals surface area contributed by atoms with E-state index >= 15 is 0 Å². The topological polar surface area (TPSA) is 78.5 Å². The van der Waals surface area contributed by atoms with Gasteiger partial charge < -0.3 is 15.5 Å². The highest BCUT2D eigenvalue weighted by atomic mass is 16.2. The molecule has 6 heteroatoms. The van der Waals surface area contributed by atoms with Gasteiger partial charge in [-0.3, -0.25) is 14.4 Å². The van der Waals surface area contributed by atoms with Crippen molar-refractivity contribution in [3.8, 4) is 0 Å². The van der Waals surface area contributed by atoms with Crippen LogP contribution in [0.5, 0.6) is 0 Å². The number of amides is 3. The standard InChI is InChI=1S/C22H35N3O3/c1-2-6-23-19(26)5-7-24-20(27)18-4-3-8-25(18)21(28)22-12-15-9-16(13-22)11-17(10-15)14-22/h15-18H,2-14H2,1H3,(H,23,26)(H,24,27). The minimum Gasteiger partial charge on any atom is -0.356 e. The first kappa shape index (κ1) is 19.7. The zero-order valence-electron chi connectivity index (χ0n) is 17.2. The summed E-state index contributed by atoms with van der Waals surface area (Å²) >= 11 is 0. The van der Waals surface area contributed by atoms with Crippen LogP contribution in [0.4, 0.5) is 0 Å². The molecule has 28 heavy (non-hydrogen) atoms. The van der Waals surface area contributed by atoms with E-state index in [0.717, 1.165) is 56.3 Å². The fourth-order valence-corrected chi connectivity index (χ4v) is 6.73. The Morgan fingerprint density at radius 2 is 1.61 bits per heavy atom. The second kappa shape index (κ2) is 8.03. The summed E-state index contributed by atoms with van der Waals surface area (Å²) in [4.78, 5) is 39.9. The van der Waals surface area contributed by atoms with E-state index in [2.05, 4.69) is 10.6 Å². The van der Waals surface area contributed by atoms with Crippen LogP contribution in [0.1, 0.15) is 71.1 Å². The SMILES string of the molecule is CCCNC(=O)CCNC(=O)C1CCCN1C(=O)C12CC3CC(CC(C3)C1)C2. The highest BCUT2D eigenvalue weighted by Crippen LogP contribution is 2.60. The van der Waals surface area contributed by atoms with E-state index in [9.17, 15) is 14.4 Å². The molecule has 156 valence electrons. The predicted molar refractivity (Wildman–Crippen MR) is 106 cm³/mol. The van der Waals surface area contributed by atoms with Gasteiger partial charge in [0.15, 0.2) is 0 Å². The van der Waals surface area contributed by atoms with Gasteiger partial charge >= 0.3 is 0 Å². The zero-order chi connectivity index (χ0) is 19.7. The van der Waals surface area contributed by atoms with Crippen LogP contribution >= 0.6 is 0 Å². The van der Waals surface area contributed by atoms with E-state index < -0.39 is 0 Å². The fraction of sp³-hybridized carbons (Fsp3) is 0.864. The van der Waals surface area contributed by atoms with Crippen LogP contribution in [0.15, 0.2) is 0 Å². The van der Waals surface area contributed by atoms with Gasteiger partial charge in [-0.2, -0.15) is 0 Å². The Morgan fingerprint density at radius 3 is 2.21 bits per heavy atom. The van der Waals surface area contributed by atoms with Crippen LogP contribution < -0.4 is 10.6 Å². The van der Waals surface area contributed by atoms with Crippen molar-refractivity contribution in [2.24, 2.45) is 23.2 Å². The van der Waals surface area contributed by atoms with Crippen LogP contribution in [0.25, 0.3) is 0 Å². The molecule has 0 aromatic heterocycles. The molecule has 3 amide bonds. The summed E-state index contributed by atoms with van der Waals surface area (Å²) in [5.41, 5.74) is -0.183. The Kier molecular flexibility index (Phi) is 5.66. The number of hydrogen-bond acceptors (Lipinski definition) is 3. The molecule has 1 atom stereocenters. The van der Waals surface area contributed by atoms with Crippen molar-refractivity contribution in [2.75, 3.05) is 19.6 Å². The molecule has 1 unspecified atom stereocenters. The Labute approximate surface area is 168 Å². The number of nitrogens with zero attached hydrogens (tertiary/aromatic N) is 1. The Hall–Kier alpha value is -1.59. The first-order chi connectivity index (χ1) is 13.5. The normalized spacial score (nSPS) is 35.8. The second-order valence-electron chi connectivity index (χ2n) is 9.75. The van der Waals surface area contributed by atoms with E-state index in [1.807, 2.05) is 11.8 Å². The number of carbonyl (C=O) groups is 3. The summed E-state index contributed by atoms with van der Waals surface area (Å²) in [6.07, 6.45) is 9.91. The van der Waals surface area contributed by atoms with Crippen LogP contribution in [0.2, 0.25) is 0 Å². The van der Waals surface area contributed by atoms with E-state index in [0.29, 0.717) is 26.1 Å². The van der Waals surface area contributed by atoms with Crippen LogP contribution in [0.3, 0.4) is 0 Å². The van der Waals surface area contributed by atoms with Gasteiger partial charge in [0.2, 0.25) is 17.7 Å². The minimum absolute atomic E-state index is 0.0323. The van der Waals surface area contributed by atoms with E-state index in [4.69, 9.17) is 0 Å². The summed E-state index contributed by atoms with van der Waals surface area (Å²) in [6.45, 7) is 3.72. The molecule has 4 bridgehead atoms. The monoisotopic (exact) mass is 389 g/mol. The average Bonchev–Trinajstić information content (AvgIpc) is 3.14. The number of carbonyl (C=O) groups excluding carboxylic acids is 3. The summed E-state index contributed by atoms with van der Waals surface area (Å²) in [5, 5.41) is 5.72. The lowest BCUT2D eigenvalue weighted by molar-refractivity contribution is -0.160. The van der Waals surface area contributed by atoms with E-state index in [1.54, 1.807) is 0 Å². The molecule has 4 aliphatic carbocycles. The Balaban J connectivity index is 1.34. The molecule has 2 N–H and O–H groups in total. The lowest BCUT2D eigenvalue weighted by atomic mass is 9.49. The van der Waals surface area contributed by atoms with Gasteiger partial charge in [0.1, 0.15) is 6.04 Å².